The van der Waals surface area contributed by atoms with Crippen molar-refractivity contribution in [2.75, 3.05) is 12.3 Å². The molecule has 0 radical (unpaired) electrons. The Balaban J connectivity index is 2.60. The topological polar surface area (TPSA) is 113 Å². The Bertz CT molecular complexity index is 564. The van der Waals surface area contributed by atoms with Crippen LogP contribution in [0.5, 0.6) is 0 Å². The van der Waals surface area contributed by atoms with Gasteiger partial charge in [-0.25, -0.2) is 8.42 Å². The molecule has 0 aliphatic rings. The first-order valence-corrected chi connectivity index (χ1v) is 7.41. The number of carbonyl (C=O) groups is 1. The third-order valence-corrected chi connectivity index (χ3v) is 3.98. The summed E-state index contributed by atoms with van der Waals surface area (Å²) < 4.78 is 23.7. The second kappa shape index (κ2) is 6.87. The normalized spacial score (nSPS) is 12.4. The lowest BCUT2D eigenvalue weighted by Crippen LogP contribution is -2.45. The Kier molecular flexibility index (Phi) is 5.48. The van der Waals surface area contributed by atoms with Gasteiger partial charge in [0.05, 0.1) is 23.6 Å². The lowest BCUT2D eigenvalue weighted by atomic mass is 10.2. The number of nitriles is 1. The van der Waals surface area contributed by atoms with Crippen LogP contribution in [0, 0.1) is 11.3 Å². The highest BCUT2D eigenvalue weighted by atomic mass is 32.2. The van der Waals surface area contributed by atoms with E-state index in [4.69, 9.17) is 11.0 Å². The molecule has 0 unspecified atom stereocenters. The predicted molar refractivity (Wildman–Crippen MR) is 70.5 cm³/mol. The Labute approximate surface area is 112 Å². The molecule has 0 saturated carbocycles. The van der Waals surface area contributed by atoms with Crippen molar-refractivity contribution >= 4 is 15.7 Å². The summed E-state index contributed by atoms with van der Waals surface area (Å²) >= 11 is 0. The first-order chi connectivity index (χ1) is 8.94. The van der Waals surface area contributed by atoms with Crippen molar-refractivity contribution in [2.45, 2.75) is 11.8 Å². The summed E-state index contributed by atoms with van der Waals surface area (Å²) in [5, 5.41) is 10.5. The maximum Gasteiger partial charge on any atom is 0.238 e. The first kappa shape index (κ1) is 15.1. The second-order valence-electron chi connectivity index (χ2n) is 4.02. The van der Waals surface area contributed by atoms with Gasteiger partial charge in [0.1, 0.15) is 6.54 Å². The molecule has 7 heteroatoms. The third kappa shape index (κ3) is 5.50. The summed E-state index contributed by atoms with van der Waals surface area (Å²) in [6, 6.07) is 9.21. The molecule has 0 aromatic heterocycles. The van der Waals surface area contributed by atoms with E-state index in [1.807, 2.05) is 0 Å². The highest BCUT2D eigenvalue weighted by Crippen LogP contribution is 2.06. The minimum atomic E-state index is -3.47. The zero-order chi connectivity index (χ0) is 14.3. The van der Waals surface area contributed by atoms with E-state index in [-0.39, 0.29) is 12.3 Å². The van der Waals surface area contributed by atoms with Crippen LogP contribution < -0.4 is 11.1 Å². The van der Waals surface area contributed by atoms with Gasteiger partial charge in [-0.1, -0.05) is 30.3 Å². The Morgan fingerprint density at radius 1 is 1.37 bits per heavy atom. The molecule has 0 spiro atoms. The van der Waals surface area contributed by atoms with Crippen LogP contribution in [0.2, 0.25) is 0 Å². The van der Waals surface area contributed by atoms with Gasteiger partial charge in [-0.15, -0.1) is 0 Å². The Hall–Kier alpha value is -1.91. The fraction of sp³-hybridized carbons (Fsp3) is 0.333. The van der Waals surface area contributed by atoms with Gasteiger partial charge in [-0.2, -0.15) is 5.26 Å². The molecule has 0 aliphatic heterocycles. The predicted octanol–water partition coefficient (Wildman–Crippen LogP) is -0.432. The van der Waals surface area contributed by atoms with E-state index in [0.717, 1.165) is 0 Å². The molecule has 1 amide bonds. The molecule has 0 aliphatic carbocycles. The molecule has 6 nitrogen and oxygen atoms in total. The van der Waals surface area contributed by atoms with Gasteiger partial charge >= 0.3 is 0 Å². The van der Waals surface area contributed by atoms with Crippen LogP contribution in [-0.2, 0) is 20.4 Å². The van der Waals surface area contributed by atoms with Crippen LogP contribution in [0.25, 0.3) is 0 Å². The van der Waals surface area contributed by atoms with E-state index in [9.17, 15) is 13.2 Å². The van der Waals surface area contributed by atoms with E-state index in [2.05, 4.69) is 5.32 Å². The number of rotatable bonds is 6. The van der Waals surface area contributed by atoms with E-state index in [0.29, 0.717) is 5.56 Å². The fourth-order valence-electron chi connectivity index (χ4n) is 1.49. The van der Waals surface area contributed by atoms with Crippen molar-refractivity contribution < 1.29 is 13.2 Å². The number of nitrogens with two attached hydrogens (primary N) is 1. The molecule has 19 heavy (non-hydrogen) atoms. The molecule has 1 aromatic carbocycles. The summed E-state index contributed by atoms with van der Waals surface area (Å²) in [6.45, 7) is -0.189. The molecule has 1 atom stereocenters. The number of hydrogen-bond donors (Lipinski definition) is 2. The quantitative estimate of drug-likeness (QED) is 0.687. The number of hydrogen-bond acceptors (Lipinski definition) is 5. The highest BCUT2D eigenvalue weighted by molar-refractivity contribution is 7.90. The number of nitrogens with one attached hydrogen (secondary N) is 1. The van der Waals surface area contributed by atoms with Gasteiger partial charge in [0.15, 0.2) is 9.84 Å². The number of carbonyl (C=O) groups excluding carboxylic acids is 1. The summed E-state index contributed by atoms with van der Waals surface area (Å²) in [6.07, 6.45) is 0. The molecular formula is C12H15N3O3S. The Morgan fingerprint density at radius 2 is 2.00 bits per heavy atom. The van der Waals surface area contributed by atoms with Crippen molar-refractivity contribution in [3.8, 4) is 6.07 Å². The van der Waals surface area contributed by atoms with Crippen LogP contribution in [0.4, 0.5) is 0 Å². The third-order valence-electron chi connectivity index (χ3n) is 2.34. The largest absolute Gasteiger partial charge is 0.342 e. The van der Waals surface area contributed by atoms with Crippen molar-refractivity contribution in [1.82, 2.24) is 5.32 Å². The van der Waals surface area contributed by atoms with Crippen LogP contribution in [0.1, 0.15) is 5.56 Å². The van der Waals surface area contributed by atoms with Gasteiger partial charge in [-0.3, -0.25) is 4.79 Å². The SMILES string of the molecule is N#CCNC(=O)[C@@H](N)CS(=O)(=O)Cc1ccccc1. The van der Waals surface area contributed by atoms with E-state index in [1.165, 1.54) is 0 Å². The average molecular weight is 281 g/mol. The van der Waals surface area contributed by atoms with E-state index in [1.54, 1.807) is 36.4 Å². The van der Waals surface area contributed by atoms with Gasteiger partial charge in [0.25, 0.3) is 0 Å². The lowest BCUT2D eigenvalue weighted by molar-refractivity contribution is -0.121. The zero-order valence-corrected chi connectivity index (χ0v) is 11.1. The van der Waals surface area contributed by atoms with Crippen LogP contribution in [0.3, 0.4) is 0 Å². The van der Waals surface area contributed by atoms with E-state index < -0.39 is 27.5 Å². The van der Waals surface area contributed by atoms with Crippen LogP contribution >= 0.6 is 0 Å². The van der Waals surface area contributed by atoms with Gasteiger partial charge in [0, 0.05) is 0 Å². The fourth-order valence-corrected chi connectivity index (χ4v) is 3.01. The molecule has 1 rings (SSSR count). The zero-order valence-electron chi connectivity index (χ0n) is 10.2. The molecule has 3 N–H and O–H groups in total. The standard InChI is InChI=1S/C12H15N3O3S/c13-6-7-15-12(16)11(14)9-19(17,18)8-10-4-2-1-3-5-10/h1-5,11H,7-9,14H2,(H,15,16)/t11-/m0/s1. The maximum absolute atomic E-state index is 11.9. The lowest BCUT2D eigenvalue weighted by Gasteiger charge is -2.11. The number of sulfone groups is 1. The first-order valence-electron chi connectivity index (χ1n) is 5.59. The smallest absolute Gasteiger partial charge is 0.238 e. The molecule has 0 saturated heterocycles. The average Bonchev–Trinajstić information content (AvgIpc) is 2.35. The number of nitrogens with zero attached hydrogens (tertiary/aromatic N) is 1. The van der Waals surface area contributed by atoms with Crippen molar-refractivity contribution in [3.05, 3.63) is 35.9 Å². The highest BCUT2D eigenvalue weighted by Gasteiger charge is 2.22. The van der Waals surface area contributed by atoms with Crippen molar-refractivity contribution in [2.24, 2.45) is 5.73 Å². The molecule has 0 bridgehead atoms. The second-order valence-corrected chi connectivity index (χ2v) is 6.13. The van der Waals surface area contributed by atoms with Crippen molar-refractivity contribution in [1.29, 1.82) is 5.26 Å². The van der Waals surface area contributed by atoms with Gasteiger partial charge in [-0.05, 0) is 5.56 Å². The van der Waals surface area contributed by atoms with Crippen molar-refractivity contribution in [3.63, 3.8) is 0 Å². The summed E-state index contributed by atoms with van der Waals surface area (Å²) in [5.41, 5.74) is 6.14. The molecule has 0 fully saturated rings. The molecular weight excluding hydrogens is 266 g/mol. The summed E-state index contributed by atoms with van der Waals surface area (Å²) in [4.78, 5) is 11.4. The summed E-state index contributed by atoms with van der Waals surface area (Å²) in [7, 11) is -3.47. The van der Waals surface area contributed by atoms with E-state index >= 15 is 0 Å². The van der Waals surface area contributed by atoms with Gasteiger partial charge in [0.2, 0.25) is 5.91 Å². The monoisotopic (exact) mass is 281 g/mol. The van der Waals surface area contributed by atoms with Crippen LogP contribution in [0.15, 0.2) is 30.3 Å². The molecule has 0 heterocycles. The maximum atomic E-state index is 11.9. The summed E-state index contributed by atoms with van der Waals surface area (Å²) in [5.74, 6) is -1.25. The number of benzene rings is 1. The van der Waals surface area contributed by atoms with Gasteiger partial charge < -0.3 is 11.1 Å². The van der Waals surface area contributed by atoms with Crippen LogP contribution in [-0.4, -0.2) is 32.7 Å². The minimum Gasteiger partial charge on any atom is -0.342 e. The molecule has 1 aromatic rings. The minimum absolute atomic E-state index is 0.160. The number of amides is 1. The molecule has 102 valence electrons. The Morgan fingerprint density at radius 3 is 2.58 bits per heavy atom.